The number of carbonyl (C=O) groups is 2. The van der Waals surface area contributed by atoms with E-state index >= 15 is 0 Å². The highest BCUT2D eigenvalue weighted by Gasteiger charge is 2.19. The third-order valence-electron chi connectivity index (χ3n) is 3.97. The minimum Gasteiger partial charge on any atom is -0.508 e. The lowest BCUT2D eigenvalue weighted by atomic mass is 10.2. The average molecular weight is 417 g/mol. The Morgan fingerprint density at radius 1 is 1.14 bits per heavy atom. The Bertz CT molecular complexity index is 1070. The van der Waals surface area contributed by atoms with Gasteiger partial charge in [0.05, 0.1) is 10.5 Å². The normalized spacial score (nSPS) is 13.4. The predicted molar refractivity (Wildman–Crippen MR) is 105 cm³/mol. The first-order chi connectivity index (χ1) is 13.8. The third kappa shape index (κ3) is 5.55. The number of aliphatic imine (C=N–C) groups is 1. The lowest BCUT2D eigenvalue weighted by molar-refractivity contribution is -0.119. The molecule has 0 saturated heterocycles. The Hall–Kier alpha value is -3.40. The summed E-state index contributed by atoms with van der Waals surface area (Å²) in [4.78, 5) is 28.0. The Kier molecular flexibility index (Phi) is 6.13. The lowest BCUT2D eigenvalue weighted by Crippen LogP contribution is -2.29. The SMILES string of the molecule is O=C(COC(=O)c1cccc(O)c1)Nc1cccc(S(=O)(=O)NC2=NCCC2)c1. The number of phenolic OH excluding ortho intramolecular Hbond substituents is 1. The number of hydrogen-bond acceptors (Lipinski definition) is 7. The Morgan fingerprint density at radius 2 is 1.93 bits per heavy atom. The Morgan fingerprint density at radius 3 is 2.66 bits per heavy atom. The van der Waals surface area contributed by atoms with Gasteiger partial charge in [-0.25, -0.2) is 13.2 Å². The number of phenols is 1. The van der Waals surface area contributed by atoms with Gasteiger partial charge in [0, 0.05) is 18.7 Å². The molecule has 152 valence electrons. The number of amidine groups is 1. The van der Waals surface area contributed by atoms with Crippen LogP contribution in [-0.2, 0) is 19.6 Å². The van der Waals surface area contributed by atoms with Crippen LogP contribution in [-0.4, -0.2) is 44.4 Å². The minimum absolute atomic E-state index is 0.0262. The van der Waals surface area contributed by atoms with Crippen LogP contribution in [0.1, 0.15) is 23.2 Å². The van der Waals surface area contributed by atoms with Gasteiger partial charge in [0.25, 0.3) is 15.9 Å². The van der Waals surface area contributed by atoms with Crippen LogP contribution in [0.25, 0.3) is 0 Å². The van der Waals surface area contributed by atoms with E-state index < -0.39 is 28.5 Å². The molecular formula is C19H19N3O6S. The molecule has 0 unspecified atom stereocenters. The molecule has 2 aromatic carbocycles. The predicted octanol–water partition coefficient (Wildman–Crippen LogP) is 1.66. The number of nitrogens with zero attached hydrogens (tertiary/aromatic N) is 1. The summed E-state index contributed by atoms with van der Waals surface area (Å²) in [5.74, 6) is -1.09. The van der Waals surface area contributed by atoms with Crippen molar-refractivity contribution in [3.63, 3.8) is 0 Å². The number of carbonyl (C=O) groups excluding carboxylic acids is 2. The smallest absolute Gasteiger partial charge is 0.338 e. The van der Waals surface area contributed by atoms with E-state index in [1.165, 1.54) is 48.5 Å². The van der Waals surface area contributed by atoms with Gasteiger partial charge in [-0.05, 0) is 42.8 Å². The van der Waals surface area contributed by atoms with Crippen molar-refractivity contribution in [3.8, 4) is 5.75 Å². The van der Waals surface area contributed by atoms with E-state index in [2.05, 4.69) is 15.0 Å². The lowest BCUT2D eigenvalue weighted by Gasteiger charge is -2.10. The van der Waals surface area contributed by atoms with E-state index in [0.29, 0.717) is 18.8 Å². The first-order valence-electron chi connectivity index (χ1n) is 8.76. The maximum absolute atomic E-state index is 12.4. The van der Waals surface area contributed by atoms with E-state index in [1.807, 2.05) is 0 Å². The van der Waals surface area contributed by atoms with Gasteiger partial charge < -0.3 is 15.2 Å². The van der Waals surface area contributed by atoms with Crippen molar-refractivity contribution in [2.75, 3.05) is 18.5 Å². The summed E-state index contributed by atoms with van der Waals surface area (Å²) in [6, 6.07) is 11.2. The number of sulfonamides is 1. The van der Waals surface area contributed by atoms with Gasteiger partial charge in [-0.2, -0.15) is 0 Å². The van der Waals surface area contributed by atoms with Crippen molar-refractivity contribution in [1.29, 1.82) is 0 Å². The quantitative estimate of drug-likeness (QED) is 0.612. The highest BCUT2D eigenvalue weighted by molar-refractivity contribution is 7.90. The highest BCUT2D eigenvalue weighted by Crippen LogP contribution is 2.17. The van der Waals surface area contributed by atoms with Crippen molar-refractivity contribution < 1.29 is 27.9 Å². The zero-order valence-corrected chi connectivity index (χ0v) is 16.1. The van der Waals surface area contributed by atoms with Gasteiger partial charge in [0.1, 0.15) is 11.6 Å². The fraction of sp³-hybridized carbons (Fsp3) is 0.211. The van der Waals surface area contributed by atoms with Gasteiger partial charge >= 0.3 is 5.97 Å². The molecule has 9 nitrogen and oxygen atoms in total. The van der Waals surface area contributed by atoms with E-state index in [4.69, 9.17) is 4.74 Å². The van der Waals surface area contributed by atoms with Crippen molar-refractivity contribution in [2.24, 2.45) is 4.99 Å². The van der Waals surface area contributed by atoms with Crippen LogP contribution < -0.4 is 10.0 Å². The summed E-state index contributed by atoms with van der Waals surface area (Å²) in [7, 11) is -3.81. The average Bonchev–Trinajstić information content (AvgIpc) is 3.18. The number of amides is 1. The van der Waals surface area contributed by atoms with Gasteiger partial charge in [0.2, 0.25) is 0 Å². The second-order valence-corrected chi connectivity index (χ2v) is 7.92. The zero-order chi connectivity index (χ0) is 20.9. The first kappa shape index (κ1) is 20.3. The van der Waals surface area contributed by atoms with Crippen LogP contribution in [0.5, 0.6) is 5.75 Å². The van der Waals surface area contributed by atoms with Gasteiger partial charge in [-0.15, -0.1) is 0 Å². The summed E-state index contributed by atoms with van der Waals surface area (Å²) < 4.78 is 32.2. The summed E-state index contributed by atoms with van der Waals surface area (Å²) in [6.07, 6.45) is 1.37. The van der Waals surface area contributed by atoms with E-state index in [-0.39, 0.29) is 21.9 Å². The molecule has 3 rings (SSSR count). The fourth-order valence-corrected chi connectivity index (χ4v) is 3.76. The first-order valence-corrected chi connectivity index (χ1v) is 10.2. The molecule has 1 heterocycles. The summed E-state index contributed by atoms with van der Waals surface area (Å²) in [6.45, 7) is 0.0236. The van der Waals surface area contributed by atoms with Crippen LogP contribution in [0.2, 0.25) is 0 Å². The Balaban J connectivity index is 1.59. The molecular weight excluding hydrogens is 398 g/mol. The largest absolute Gasteiger partial charge is 0.508 e. The van der Waals surface area contributed by atoms with Crippen molar-refractivity contribution >= 4 is 33.4 Å². The maximum Gasteiger partial charge on any atom is 0.338 e. The number of anilines is 1. The van der Waals surface area contributed by atoms with Crippen molar-refractivity contribution in [3.05, 3.63) is 54.1 Å². The molecule has 10 heteroatoms. The van der Waals surface area contributed by atoms with Gasteiger partial charge in [-0.1, -0.05) is 12.1 Å². The summed E-state index contributed by atoms with van der Waals surface area (Å²) >= 11 is 0. The van der Waals surface area contributed by atoms with E-state index in [1.54, 1.807) is 0 Å². The van der Waals surface area contributed by atoms with E-state index in [0.717, 1.165) is 6.42 Å². The van der Waals surface area contributed by atoms with Crippen LogP contribution >= 0.6 is 0 Å². The van der Waals surface area contributed by atoms with Crippen LogP contribution in [0, 0.1) is 0 Å². The molecule has 0 radical (unpaired) electrons. The molecule has 1 aliphatic heterocycles. The fourth-order valence-electron chi connectivity index (χ4n) is 2.62. The number of ether oxygens (including phenoxy) is 1. The molecule has 0 saturated carbocycles. The Labute approximate surface area is 167 Å². The number of hydrogen-bond donors (Lipinski definition) is 3. The number of benzene rings is 2. The standard InChI is InChI=1S/C19H19N3O6S/c23-15-6-1-4-13(10-15)19(25)28-12-18(24)21-14-5-2-7-16(11-14)29(26,27)22-17-8-3-9-20-17/h1-2,4-7,10-11,23H,3,8-9,12H2,(H,20,22)(H,21,24). The molecule has 0 bridgehead atoms. The molecule has 3 N–H and O–H groups in total. The van der Waals surface area contributed by atoms with Crippen LogP contribution in [0.3, 0.4) is 0 Å². The van der Waals surface area contributed by atoms with Crippen molar-refractivity contribution in [2.45, 2.75) is 17.7 Å². The zero-order valence-electron chi connectivity index (χ0n) is 15.3. The van der Waals surface area contributed by atoms with Crippen molar-refractivity contribution in [1.82, 2.24) is 4.72 Å². The molecule has 0 aliphatic carbocycles. The molecule has 0 fully saturated rings. The van der Waals surface area contributed by atoms with Crippen LogP contribution in [0.4, 0.5) is 5.69 Å². The number of rotatable bonds is 6. The molecule has 0 spiro atoms. The molecule has 0 atom stereocenters. The molecule has 1 aliphatic rings. The van der Waals surface area contributed by atoms with Gasteiger partial charge in [-0.3, -0.25) is 14.5 Å². The second-order valence-electron chi connectivity index (χ2n) is 6.24. The molecule has 1 amide bonds. The number of aromatic hydroxyl groups is 1. The highest BCUT2D eigenvalue weighted by atomic mass is 32.2. The summed E-state index contributed by atoms with van der Waals surface area (Å²) in [5, 5.41) is 11.8. The minimum atomic E-state index is -3.81. The third-order valence-corrected chi connectivity index (χ3v) is 5.35. The maximum atomic E-state index is 12.4. The molecule has 2 aromatic rings. The second kappa shape index (κ2) is 8.74. The van der Waals surface area contributed by atoms with E-state index in [9.17, 15) is 23.1 Å². The molecule has 29 heavy (non-hydrogen) atoms. The summed E-state index contributed by atoms with van der Waals surface area (Å²) in [5.41, 5.74) is 0.339. The monoisotopic (exact) mass is 417 g/mol. The van der Waals surface area contributed by atoms with Gasteiger partial charge in [0.15, 0.2) is 6.61 Å². The van der Waals surface area contributed by atoms with Crippen LogP contribution in [0.15, 0.2) is 58.4 Å². The topological polar surface area (TPSA) is 134 Å². The molecule has 0 aromatic heterocycles. The number of nitrogens with one attached hydrogen (secondary N) is 2. The number of esters is 1.